The second kappa shape index (κ2) is 4.76. The Labute approximate surface area is 92.0 Å². The Balaban J connectivity index is 3.28. The van der Waals surface area contributed by atoms with Gasteiger partial charge in [-0.2, -0.15) is 0 Å². The molecule has 0 saturated heterocycles. The molecular weight excluding hydrogens is 212 g/mol. The number of Topliss-reactive ketones (excluding diaryl/α,β-unsaturated/α-hetero) is 1. The number of hydrogen-bond donors (Lipinski definition) is 3. The predicted molar refractivity (Wildman–Crippen MR) is 55.3 cm³/mol. The van der Waals surface area contributed by atoms with E-state index in [0.717, 1.165) is 6.07 Å². The van der Waals surface area contributed by atoms with E-state index in [2.05, 4.69) is 0 Å². The van der Waals surface area contributed by atoms with Gasteiger partial charge in [-0.05, 0) is 18.2 Å². The molecule has 0 fully saturated rings. The van der Waals surface area contributed by atoms with Crippen LogP contribution in [0.4, 0.5) is 0 Å². The smallest absolute Gasteiger partial charge is 0.337 e. The molecular formula is C11H12O5. The quantitative estimate of drug-likeness (QED) is 0.666. The van der Waals surface area contributed by atoms with E-state index >= 15 is 0 Å². The molecule has 1 aromatic carbocycles. The Morgan fingerprint density at radius 3 is 2.50 bits per heavy atom. The first-order chi connectivity index (χ1) is 7.47. The molecule has 5 nitrogen and oxygen atoms in total. The second-order valence-corrected chi connectivity index (χ2v) is 3.29. The van der Waals surface area contributed by atoms with Crippen molar-refractivity contribution < 1.29 is 24.9 Å². The first kappa shape index (κ1) is 12.2. The van der Waals surface area contributed by atoms with E-state index in [1.165, 1.54) is 12.1 Å². The lowest BCUT2D eigenvalue weighted by molar-refractivity contribution is -0.146. The van der Waals surface area contributed by atoms with Gasteiger partial charge >= 0.3 is 5.97 Å². The molecule has 0 aliphatic rings. The molecule has 0 heterocycles. The average Bonchev–Trinajstić information content (AvgIpc) is 2.26. The number of hydrogen-bond acceptors (Lipinski definition) is 4. The number of aliphatic hydroxyl groups is 1. The van der Waals surface area contributed by atoms with Crippen LogP contribution in [0.2, 0.25) is 0 Å². The number of carbonyl (C=O) groups excluding carboxylic acids is 1. The number of carboxylic acids is 1. The highest BCUT2D eigenvalue weighted by Gasteiger charge is 2.22. The van der Waals surface area contributed by atoms with Crippen molar-refractivity contribution in [2.45, 2.75) is 19.4 Å². The summed E-state index contributed by atoms with van der Waals surface area (Å²) in [4.78, 5) is 22.1. The van der Waals surface area contributed by atoms with Crippen molar-refractivity contribution in [3.63, 3.8) is 0 Å². The van der Waals surface area contributed by atoms with Crippen LogP contribution in [0, 0.1) is 0 Å². The third-order valence-corrected chi connectivity index (χ3v) is 2.19. The number of carboxylic acid groups (broad SMARTS) is 1. The highest BCUT2D eigenvalue weighted by molar-refractivity contribution is 5.98. The van der Waals surface area contributed by atoms with E-state index in [-0.39, 0.29) is 29.1 Å². The van der Waals surface area contributed by atoms with E-state index in [9.17, 15) is 19.8 Å². The molecule has 0 aliphatic carbocycles. The summed E-state index contributed by atoms with van der Waals surface area (Å²) >= 11 is 0. The van der Waals surface area contributed by atoms with Gasteiger partial charge in [-0.15, -0.1) is 0 Å². The molecule has 5 heteroatoms. The maximum Gasteiger partial charge on any atom is 0.337 e. The summed E-state index contributed by atoms with van der Waals surface area (Å²) < 4.78 is 0. The van der Waals surface area contributed by atoms with Crippen LogP contribution in [0.25, 0.3) is 0 Å². The molecule has 16 heavy (non-hydrogen) atoms. The van der Waals surface area contributed by atoms with Crippen LogP contribution in [-0.4, -0.2) is 27.1 Å². The minimum Gasteiger partial charge on any atom is -0.508 e. The lowest BCUT2D eigenvalue weighted by atomic mass is 9.97. The number of aromatic hydroxyl groups is 1. The van der Waals surface area contributed by atoms with Gasteiger partial charge in [0.2, 0.25) is 0 Å². The van der Waals surface area contributed by atoms with Gasteiger partial charge in [-0.3, -0.25) is 4.79 Å². The molecule has 0 aliphatic heterocycles. The van der Waals surface area contributed by atoms with Crippen molar-refractivity contribution in [3.8, 4) is 5.75 Å². The minimum atomic E-state index is -1.81. The average molecular weight is 224 g/mol. The highest BCUT2D eigenvalue weighted by Crippen LogP contribution is 2.24. The largest absolute Gasteiger partial charge is 0.508 e. The molecule has 0 amide bonds. The van der Waals surface area contributed by atoms with Gasteiger partial charge in [0.25, 0.3) is 0 Å². The highest BCUT2D eigenvalue weighted by atomic mass is 16.4. The van der Waals surface area contributed by atoms with Crippen LogP contribution in [0.15, 0.2) is 18.2 Å². The molecule has 1 aromatic rings. The summed E-state index contributed by atoms with van der Waals surface area (Å²) in [6, 6.07) is 3.67. The van der Waals surface area contributed by atoms with Crippen LogP contribution in [0.5, 0.6) is 5.75 Å². The molecule has 0 bridgehead atoms. The molecule has 3 N–H and O–H groups in total. The Kier molecular flexibility index (Phi) is 3.63. The van der Waals surface area contributed by atoms with Crippen molar-refractivity contribution >= 4 is 11.8 Å². The van der Waals surface area contributed by atoms with Crippen molar-refractivity contribution in [1.82, 2.24) is 0 Å². The molecule has 0 aromatic heterocycles. The zero-order chi connectivity index (χ0) is 12.3. The van der Waals surface area contributed by atoms with Gasteiger partial charge in [-0.25, -0.2) is 4.79 Å². The van der Waals surface area contributed by atoms with Crippen LogP contribution in [0.1, 0.15) is 35.4 Å². The van der Waals surface area contributed by atoms with Gasteiger partial charge < -0.3 is 15.3 Å². The van der Waals surface area contributed by atoms with Crippen molar-refractivity contribution in [1.29, 1.82) is 0 Å². The topological polar surface area (TPSA) is 94.8 Å². The minimum absolute atomic E-state index is 0.0839. The summed E-state index contributed by atoms with van der Waals surface area (Å²) in [5.41, 5.74) is 0.0366. The molecule has 1 unspecified atom stereocenters. The maximum absolute atomic E-state index is 11.5. The predicted octanol–water partition coefficient (Wildman–Crippen LogP) is 1.10. The summed E-state index contributed by atoms with van der Waals surface area (Å²) in [6.07, 6.45) is -1.61. The number of carbonyl (C=O) groups is 2. The Morgan fingerprint density at radius 1 is 1.38 bits per heavy atom. The zero-order valence-electron chi connectivity index (χ0n) is 8.67. The number of phenolic OH excluding ortho intramolecular Hbond substituents is 1. The zero-order valence-corrected chi connectivity index (χ0v) is 8.67. The first-order valence-electron chi connectivity index (χ1n) is 4.74. The standard InChI is InChI=1S/C11H12O5/c1-2-9(13)7-4-3-6(12)5-8(7)10(14)11(15)16/h3-5,10,12,14H,2H2,1H3,(H,15,16). The summed E-state index contributed by atoms with van der Waals surface area (Å²) in [5, 5.41) is 27.3. The number of phenols is 1. The van der Waals surface area contributed by atoms with E-state index < -0.39 is 12.1 Å². The summed E-state index contributed by atoms with van der Waals surface area (Å²) in [7, 11) is 0. The molecule has 1 atom stereocenters. The van der Waals surface area contributed by atoms with E-state index in [1.54, 1.807) is 6.92 Å². The Morgan fingerprint density at radius 2 is 2.00 bits per heavy atom. The van der Waals surface area contributed by atoms with Crippen LogP contribution in [-0.2, 0) is 4.79 Å². The van der Waals surface area contributed by atoms with Crippen LogP contribution >= 0.6 is 0 Å². The third-order valence-electron chi connectivity index (χ3n) is 2.19. The lowest BCUT2D eigenvalue weighted by Crippen LogP contribution is -2.14. The molecule has 0 radical (unpaired) electrons. The number of rotatable bonds is 4. The first-order valence-corrected chi connectivity index (χ1v) is 4.74. The lowest BCUT2D eigenvalue weighted by Gasteiger charge is -2.11. The van der Waals surface area contributed by atoms with Crippen molar-refractivity contribution in [2.75, 3.05) is 0 Å². The van der Waals surface area contributed by atoms with Gasteiger partial charge in [0.15, 0.2) is 11.9 Å². The summed E-state index contributed by atoms with van der Waals surface area (Å²) in [6.45, 7) is 1.63. The van der Waals surface area contributed by atoms with Crippen molar-refractivity contribution in [2.24, 2.45) is 0 Å². The van der Waals surface area contributed by atoms with Gasteiger partial charge in [0.05, 0.1) is 0 Å². The Bertz CT molecular complexity index is 424. The molecule has 1 rings (SSSR count). The van der Waals surface area contributed by atoms with E-state index in [0.29, 0.717) is 0 Å². The normalized spacial score (nSPS) is 12.1. The monoisotopic (exact) mass is 224 g/mol. The van der Waals surface area contributed by atoms with Gasteiger partial charge in [0, 0.05) is 17.5 Å². The summed E-state index contributed by atoms with van der Waals surface area (Å²) in [5.74, 6) is -1.94. The molecule has 86 valence electrons. The second-order valence-electron chi connectivity index (χ2n) is 3.29. The van der Waals surface area contributed by atoms with Gasteiger partial charge in [-0.1, -0.05) is 6.92 Å². The van der Waals surface area contributed by atoms with Crippen LogP contribution < -0.4 is 0 Å². The fraction of sp³-hybridized carbons (Fsp3) is 0.273. The number of benzene rings is 1. The SMILES string of the molecule is CCC(=O)c1ccc(O)cc1C(O)C(=O)O. The Hall–Kier alpha value is -1.88. The molecule has 0 saturated carbocycles. The van der Waals surface area contributed by atoms with Crippen LogP contribution in [0.3, 0.4) is 0 Å². The van der Waals surface area contributed by atoms with E-state index in [4.69, 9.17) is 5.11 Å². The fourth-order valence-corrected chi connectivity index (χ4v) is 1.35. The number of aliphatic carboxylic acids is 1. The van der Waals surface area contributed by atoms with Gasteiger partial charge in [0.1, 0.15) is 5.75 Å². The number of aliphatic hydroxyl groups excluding tert-OH is 1. The third kappa shape index (κ3) is 2.38. The fourth-order valence-electron chi connectivity index (χ4n) is 1.35. The molecule has 0 spiro atoms. The number of ketones is 1. The van der Waals surface area contributed by atoms with Crippen molar-refractivity contribution in [3.05, 3.63) is 29.3 Å². The van der Waals surface area contributed by atoms with E-state index in [1.807, 2.05) is 0 Å². The maximum atomic E-state index is 11.5.